The van der Waals surface area contributed by atoms with E-state index < -0.39 is 6.10 Å². The van der Waals surface area contributed by atoms with Crippen LogP contribution >= 0.6 is 0 Å². The highest BCUT2D eigenvalue weighted by Gasteiger charge is 2.24. The Balaban J connectivity index is 1.18. The Morgan fingerprint density at radius 3 is 2.58 bits per heavy atom. The van der Waals surface area contributed by atoms with E-state index >= 15 is 0 Å². The number of amides is 1. The number of β-amino-alcohol motifs (C(OH)–C–C–N with tert-alkyl or cyclic N) is 1. The minimum atomic E-state index is -0.581. The molecule has 2 aliphatic rings. The molecule has 1 saturated heterocycles. The van der Waals surface area contributed by atoms with Gasteiger partial charge in [0.1, 0.15) is 18.5 Å². The Bertz CT molecular complexity index is 895. The number of rotatable bonds is 9. The lowest BCUT2D eigenvalue weighted by Crippen LogP contribution is -2.41. The van der Waals surface area contributed by atoms with Crippen molar-refractivity contribution in [2.75, 3.05) is 45.3 Å². The van der Waals surface area contributed by atoms with Crippen LogP contribution in [0.25, 0.3) is 0 Å². The summed E-state index contributed by atoms with van der Waals surface area (Å²) in [5.41, 5.74) is 1.67. The van der Waals surface area contributed by atoms with Crippen molar-refractivity contribution in [2.45, 2.75) is 25.4 Å². The summed E-state index contributed by atoms with van der Waals surface area (Å²) in [6.07, 6.45) is 1.81. The first-order valence-corrected chi connectivity index (χ1v) is 10.8. The first kappa shape index (κ1) is 21.5. The fourth-order valence-corrected chi connectivity index (χ4v) is 4.17. The van der Waals surface area contributed by atoms with Gasteiger partial charge < -0.3 is 29.5 Å². The lowest BCUT2D eigenvalue weighted by atomic mass is 9.97. The molecule has 0 radical (unpaired) electrons. The van der Waals surface area contributed by atoms with Crippen molar-refractivity contribution in [3.05, 3.63) is 48.0 Å². The van der Waals surface area contributed by atoms with E-state index in [2.05, 4.69) is 10.2 Å². The number of likely N-dealkylation sites (tertiary alicyclic amines) is 1. The van der Waals surface area contributed by atoms with Crippen LogP contribution in [-0.4, -0.2) is 62.0 Å². The summed E-state index contributed by atoms with van der Waals surface area (Å²) in [7, 11) is 1.65. The number of anilines is 1. The van der Waals surface area contributed by atoms with Gasteiger partial charge in [0.05, 0.1) is 20.1 Å². The average Bonchev–Trinajstić information content (AvgIpc) is 3.18. The number of fused-ring (bicyclic) bond motifs is 1. The monoisotopic (exact) mass is 426 g/mol. The van der Waals surface area contributed by atoms with Gasteiger partial charge in [-0.3, -0.25) is 4.79 Å². The van der Waals surface area contributed by atoms with Crippen molar-refractivity contribution >= 4 is 11.6 Å². The van der Waals surface area contributed by atoms with Gasteiger partial charge in [-0.05, 0) is 56.1 Å². The number of ether oxygens (including phenoxy) is 3. The second kappa shape index (κ2) is 10.0. The van der Waals surface area contributed by atoms with Gasteiger partial charge in [0.2, 0.25) is 5.91 Å². The van der Waals surface area contributed by atoms with Gasteiger partial charge in [0.15, 0.2) is 11.5 Å². The normalized spacial score (nSPS) is 17.7. The molecule has 0 aromatic heterocycles. The van der Waals surface area contributed by atoms with Crippen LogP contribution in [0.1, 0.15) is 18.4 Å². The molecule has 0 spiro atoms. The smallest absolute Gasteiger partial charge is 0.229 e. The van der Waals surface area contributed by atoms with Crippen LogP contribution in [0, 0.1) is 5.92 Å². The summed E-state index contributed by atoms with van der Waals surface area (Å²) >= 11 is 0. The molecule has 1 atom stereocenters. The summed E-state index contributed by atoms with van der Waals surface area (Å²) in [4.78, 5) is 13.9. The standard InChI is InChI=1S/C24H30N2O5/c1-29-22-6-2-3-7-23(22)30-15-17-9-11-26(12-10-17)14-18(27)16-31-21-8-4-5-20-19(21)13-24(28)25-20/h2-8,17-18,27H,9-16H2,1H3,(H,25,28). The molecule has 1 unspecified atom stereocenters. The summed E-state index contributed by atoms with van der Waals surface area (Å²) in [6, 6.07) is 13.3. The van der Waals surface area contributed by atoms with E-state index in [-0.39, 0.29) is 12.5 Å². The van der Waals surface area contributed by atoms with Crippen LogP contribution < -0.4 is 19.5 Å². The zero-order valence-corrected chi connectivity index (χ0v) is 17.9. The highest BCUT2D eigenvalue weighted by Crippen LogP contribution is 2.31. The van der Waals surface area contributed by atoms with E-state index in [4.69, 9.17) is 14.2 Å². The number of piperidine rings is 1. The Hall–Kier alpha value is -2.77. The van der Waals surface area contributed by atoms with Crippen molar-refractivity contribution in [1.82, 2.24) is 4.90 Å². The summed E-state index contributed by atoms with van der Waals surface area (Å²) in [5, 5.41) is 13.3. The van der Waals surface area contributed by atoms with Crippen LogP contribution in [0.2, 0.25) is 0 Å². The summed E-state index contributed by atoms with van der Waals surface area (Å²) in [5.74, 6) is 2.68. The van der Waals surface area contributed by atoms with Crippen LogP contribution in [0.3, 0.4) is 0 Å². The third-order valence-corrected chi connectivity index (χ3v) is 5.90. The van der Waals surface area contributed by atoms with Gasteiger partial charge in [-0.25, -0.2) is 0 Å². The Morgan fingerprint density at radius 1 is 1.06 bits per heavy atom. The van der Waals surface area contributed by atoms with Crippen LogP contribution in [-0.2, 0) is 11.2 Å². The van der Waals surface area contributed by atoms with Gasteiger partial charge in [0, 0.05) is 17.8 Å². The van der Waals surface area contributed by atoms with Crippen molar-refractivity contribution in [3.8, 4) is 17.2 Å². The van der Waals surface area contributed by atoms with E-state index in [1.165, 1.54) is 0 Å². The van der Waals surface area contributed by atoms with E-state index in [1.54, 1.807) is 7.11 Å². The number of hydrogen-bond donors (Lipinski definition) is 2. The van der Waals surface area contributed by atoms with E-state index in [0.717, 1.165) is 48.7 Å². The number of nitrogens with zero attached hydrogens (tertiary/aromatic N) is 1. The molecule has 0 aliphatic carbocycles. The fraction of sp³-hybridized carbons (Fsp3) is 0.458. The topological polar surface area (TPSA) is 80.3 Å². The fourth-order valence-electron chi connectivity index (χ4n) is 4.17. The number of aliphatic hydroxyl groups excluding tert-OH is 1. The molecule has 4 rings (SSSR count). The molecule has 2 aromatic rings. The maximum atomic E-state index is 11.6. The number of methoxy groups -OCH3 is 1. The largest absolute Gasteiger partial charge is 0.493 e. The second-order valence-corrected chi connectivity index (χ2v) is 8.18. The van der Waals surface area contributed by atoms with Gasteiger partial charge >= 0.3 is 0 Å². The number of nitrogens with one attached hydrogen (secondary N) is 1. The predicted molar refractivity (Wildman–Crippen MR) is 118 cm³/mol. The molecule has 166 valence electrons. The van der Waals surface area contributed by atoms with E-state index in [0.29, 0.717) is 31.2 Å². The number of benzene rings is 2. The Morgan fingerprint density at radius 2 is 1.81 bits per heavy atom. The molecule has 2 aliphatic heterocycles. The lowest BCUT2D eigenvalue weighted by Gasteiger charge is -2.33. The highest BCUT2D eigenvalue weighted by atomic mass is 16.5. The molecule has 2 N–H and O–H groups in total. The molecular weight excluding hydrogens is 396 g/mol. The van der Waals surface area contributed by atoms with Gasteiger partial charge in [-0.15, -0.1) is 0 Å². The third-order valence-electron chi connectivity index (χ3n) is 5.90. The van der Waals surface area contributed by atoms with Crippen LogP contribution in [0.15, 0.2) is 42.5 Å². The molecule has 2 heterocycles. The zero-order valence-electron chi connectivity index (χ0n) is 17.9. The van der Waals surface area contributed by atoms with Crippen molar-refractivity contribution < 1.29 is 24.1 Å². The van der Waals surface area contributed by atoms with Crippen LogP contribution in [0.4, 0.5) is 5.69 Å². The number of carbonyl (C=O) groups excluding carboxylic acids is 1. The molecule has 7 heteroatoms. The molecule has 2 aromatic carbocycles. The number of para-hydroxylation sites is 2. The van der Waals surface area contributed by atoms with Gasteiger partial charge in [0.25, 0.3) is 0 Å². The molecule has 7 nitrogen and oxygen atoms in total. The van der Waals surface area contributed by atoms with Crippen molar-refractivity contribution in [1.29, 1.82) is 0 Å². The molecule has 0 saturated carbocycles. The first-order chi connectivity index (χ1) is 15.1. The van der Waals surface area contributed by atoms with Crippen LogP contribution in [0.5, 0.6) is 17.2 Å². The number of aliphatic hydroxyl groups is 1. The SMILES string of the molecule is COc1ccccc1OCC1CCN(CC(O)COc2cccc3c2CC(=O)N3)CC1. The molecule has 31 heavy (non-hydrogen) atoms. The minimum absolute atomic E-state index is 0.0239. The average molecular weight is 427 g/mol. The van der Waals surface area contributed by atoms with Gasteiger partial charge in [-0.2, -0.15) is 0 Å². The van der Waals surface area contributed by atoms with Crippen molar-refractivity contribution in [2.24, 2.45) is 5.92 Å². The zero-order chi connectivity index (χ0) is 21.6. The first-order valence-electron chi connectivity index (χ1n) is 10.8. The summed E-state index contributed by atoms with van der Waals surface area (Å²) in [6.45, 7) is 3.31. The Labute approximate surface area is 182 Å². The predicted octanol–water partition coefficient (Wildman–Crippen LogP) is 2.72. The van der Waals surface area contributed by atoms with E-state index in [9.17, 15) is 9.90 Å². The molecule has 1 fully saturated rings. The van der Waals surface area contributed by atoms with Crippen molar-refractivity contribution in [3.63, 3.8) is 0 Å². The third kappa shape index (κ3) is 5.48. The number of hydrogen-bond acceptors (Lipinski definition) is 6. The molecular formula is C24H30N2O5. The molecule has 0 bridgehead atoms. The quantitative estimate of drug-likeness (QED) is 0.642. The maximum Gasteiger partial charge on any atom is 0.229 e. The minimum Gasteiger partial charge on any atom is -0.493 e. The van der Waals surface area contributed by atoms with E-state index in [1.807, 2.05) is 42.5 Å². The highest BCUT2D eigenvalue weighted by molar-refractivity contribution is 6.00. The van der Waals surface area contributed by atoms with Gasteiger partial charge in [-0.1, -0.05) is 18.2 Å². The summed E-state index contributed by atoms with van der Waals surface area (Å²) < 4.78 is 17.1. The molecule has 1 amide bonds. The second-order valence-electron chi connectivity index (χ2n) is 8.18. The maximum absolute atomic E-state index is 11.6. The number of carbonyl (C=O) groups is 1. The Kier molecular flexibility index (Phi) is 6.94. The lowest BCUT2D eigenvalue weighted by molar-refractivity contribution is -0.115.